The van der Waals surface area contributed by atoms with E-state index in [1.54, 1.807) is 26.8 Å². The minimum Gasteiger partial charge on any atom is -0.449 e. The molecule has 0 aliphatic rings. The number of thiophene rings is 1. The van der Waals surface area contributed by atoms with E-state index >= 15 is 0 Å². The first-order chi connectivity index (χ1) is 12.7. The normalized spacial score (nSPS) is 12.7. The molecule has 0 bridgehead atoms. The first kappa shape index (κ1) is 19.2. The molecule has 0 radical (unpaired) electrons. The summed E-state index contributed by atoms with van der Waals surface area (Å²) in [6.45, 7) is 4.90. The van der Waals surface area contributed by atoms with Gasteiger partial charge in [0.15, 0.2) is 6.10 Å². The van der Waals surface area contributed by atoms with Crippen molar-refractivity contribution in [2.24, 2.45) is 5.14 Å². The largest absolute Gasteiger partial charge is 0.449 e. The van der Waals surface area contributed by atoms with E-state index in [1.165, 1.54) is 17.4 Å². The quantitative estimate of drug-likeness (QED) is 0.644. The smallest absolute Gasteiger partial charge is 0.338 e. The summed E-state index contributed by atoms with van der Waals surface area (Å²) in [6.07, 6.45) is -0.807. The predicted octanol–water partition coefficient (Wildman–Crippen LogP) is 2.98. The maximum atomic E-state index is 12.5. The molecule has 142 valence electrons. The third kappa shape index (κ3) is 4.07. The van der Waals surface area contributed by atoms with Crippen LogP contribution in [0.5, 0.6) is 0 Å². The fourth-order valence-electron chi connectivity index (χ4n) is 2.42. The zero-order chi connectivity index (χ0) is 19.8. The highest BCUT2D eigenvalue weighted by molar-refractivity contribution is 7.89. The molecule has 0 saturated heterocycles. The van der Waals surface area contributed by atoms with Crippen LogP contribution in [0.25, 0.3) is 10.8 Å². The number of esters is 1. The van der Waals surface area contributed by atoms with Gasteiger partial charge in [-0.25, -0.2) is 18.4 Å². The van der Waals surface area contributed by atoms with E-state index < -0.39 is 22.1 Å². The lowest BCUT2D eigenvalue weighted by atomic mass is 10.1. The van der Waals surface area contributed by atoms with Crippen molar-refractivity contribution in [2.45, 2.75) is 31.8 Å². The lowest BCUT2D eigenvalue weighted by molar-refractivity contribution is 0.0279. The molecule has 3 rings (SSSR count). The summed E-state index contributed by atoms with van der Waals surface area (Å²) in [5, 5.41) is 14.9. The summed E-state index contributed by atoms with van der Waals surface area (Å²) in [6, 6.07) is 6.44. The second kappa shape index (κ2) is 7.22. The number of carbonyl (C=O) groups excluding carboxylic acids is 1. The Morgan fingerprint density at radius 3 is 2.67 bits per heavy atom. The zero-order valence-corrected chi connectivity index (χ0v) is 16.4. The number of primary sulfonamides is 1. The Morgan fingerprint density at radius 1 is 1.30 bits per heavy atom. The zero-order valence-electron chi connectivity index (χ0n) is 14.8. The van der Waals surface area contributed by atoms with Gasteiger partial charge in [0.25, 0.3) is 11.8 Å². The van der Waals surface area contributed by atoms with Crippen molar-refractivity contribution in [3.05, 3.63) is 52.2 Å². The fraction of sp³-hybridized carbons (Fsp3) is 0.235. The second-order valence-electron chi connectivity index (χ2n) is 5.93. The molecular weight excluding hydrogens is 390 g/mol. The van der Waals surface area contributed by atoms with Gasteiger partial charge in [0.1, 0.15) is 0 Å². The number of benzene rings is 1. The van der Waals surface area contributed by atoms with Crippen molar-refractivity contribution in [2.75, 3.05) is 0 Å². The Kier molecular flexibility index (Phi) is 5.13. The van der Waals surface area contributed by atoms with Crippen molar-refractivity contribution < 1.29 is 22.4 Å². The summed E-state index contributed by atoms with van der Waals surface area (Å²) in [7, 11) is -3.96. The standard InChI is InChI=1S/C17H17N3O5S2/c1-9-7-12(8-14(10(9)2)27(18,22)23)17(21)24-11(3)15-19-20-16(25-15)13-5-4-6-26-13/h4-8,11H,1-3H3,(H2,18,22,23)/t11-/m1/s1. The Hall–Kier alpha value is -2.56. The number of hydrogen-bond donors (Lipinski definition) is 1. The molecule has 2 heterocycles. The maximum absolute atomic E-state index is 12.5. The third-order valence-corrected chi connectivity index (χ3v) is 5.86. The van der Waals surface area contributed by atoms with E-state index in [9.17, 15) is 13.2 Å². The van der Waals surface area contributed by atoms with Crippen LogP contribution in [0.2, 0.25) is 0 Å². The minimum atomic E-state index is -3.96. The van der Waals surface area contributed by atoms with Crippen molar-refractivity contribution in [1.29, 1.82) is 0 Å². The SMILES string of the molecule is Cc1cc(C(=O)O[C@H](C)c2nnc(-c3cccs3)o2)cc(S(N)(=O)=O)c1C. The molecule has 0 fully saturated rings. The molecule has 2 N–H and O–H groups in total. The van der Waals surface area contributed by atoms with E-state index in [4.69, 9.17) is 14.3 Å². The Morgan fingerprint density at radius 2 is 2.04 bits per heavy atom. The molecular formula is C17H17N3O5S2. The van der Waals surface area contributed by atoms with Gasteiger partial charge in [-0.05, 0) is 55.5 Å². The molecule has 2 aromatic heterocycles. The van der Waals surface area contributed by atoms with Crippen LogP contribution >= 0.6 is 11.3 Å². The van der Waals surface area contributed by atoms with Gasteiger partial charge in [-0.2, -0.15) is 0 Å². The molecule has 1 atom stereocenters. The number of aryl methyl sites for hydroxylation is 1. The Balaban J connectivity index is 1.82. The molecule has 0 aliphatic heterocycles. The van der Waals surface area contributed by atoms with Gasteiger partial charge in [0.2, 0.25) is 10.0 Å². The fourth-order valence-corrected chi connectivity index (χ4v) is 3.94. The highest BCUT2D eigenvalue weighted by Crippen LogP contribution is 2.27. The van der Waals surface area contributed by atoms with E-state index in [2.05, 4.69) is 10.2 Å². The van der Waals surface area contributed by atoms with Crippen LogP contribution < -0.4 is 5.14 Å². The molecule has 1 aromatic carbocycles. The molecule has 8 nitrogen and oxygen atoms in total. The highest BCUT2D eigenvalue weighted by atomic mass is 32.2. The number of nitrogens with two attached hydrogens (primary N) is 1. The molecule has 27 heavy (non-hydrogen) atoms. The topological polar surface area (TPSA) is 125 Å². The minimum absolute atomic E-state index is 0.0759. The van der Waals surface area contributed by atoms with E-state index in [0.717, 1.165) is 4.88 Å². The van der Waals surface area contributed by atoms with Gasteiger partial charge in [0, 0.05) is 0 Å². The van der Waals surface area contributed by atoms with Gasteiger partial charge >= 0.3 is 5.97 Å². The van der Waals surface area contributed by atoms with Crippen LogP contribution in [-0.4, -0.2) is 24.6 Å². The summed E-state index contributed by atoms with van der Waals surface area (Å²) >= 11 is 1.45. The van der Waals surface area contributed by atoms with Crippen LogP contribution in [0.1, 0.15) is 40.4 Å². The first-order valence-corrected chi connectivity index (χ1v) is 10.3. The first-order valence-electron chi connectivity index (χ1n) is 7.89. The average molecular weight is 407 g/mol. The van der Waals surface area contributed by atoms with Crippen LogP contribution in [-0.2, 0) is 14.8 Å². The van der Waals surface area contributed by atoms with Gasteiger partial charge in [-0.1, -0.05) is 6.07 Å². The van der Waals surface area contributed by atoms with Crippen LogP contribution in [0.15, 0.2) is 39.0 Å². The monoisotopic (exact) mass is 407 g/mol. The van der Waals surface area contributed by atoms with Crippen molar-refractivity contribution in [3.8, 4) is 10.8 Å². The van der Waals surface area contributed by atoms with Crippen LogP contribution in [0, 0.1) is 13.8 Å². The Bertz CT molecular complexity index is 1090. The van der Waals surface area contributed by atoms with Crippen LogP contribution in [0.4, 0.5) is 0 Å². The number of hydrogen-bond acceptors (Lipinski definition) is 8. The van der Waals surface area contributed by atoms with Crippen molar-refractivity contribution in [1.82, 2.24) is 10.2 Å². The molecule has 10 heteroatoms. The van der Waals surface area contributed by atoms with Crippen molar-refractivity contribution >= 4 is 27.3 Å². The van der Waals surface area contributed by atoms with Gasteiger partial charge < -0.3 is 9.15 Å². The molecule has 0 spiro atoms. The molecule has 0 saturated carbocycles. The van der Waals surface area contributed by atoms with E-state index in [0.29, 0.717) is 17.0 Å². The van der Waals surface area contributed by atoms with Crippen LogP contribution in [0.3, 0.4) is 0 Å². The summed E-state index contributed by atoms with van der Waals surface area (Å²) in [4.78, 5) is 13.2. The molecule has 0 unspecified atom stereocenters. The maximum Gasteiger partial charge on any atom is 0.338 e. The summed E-state index contributed by atoms with van der Waals surface area (Å²) < 4.78 is 34.4. The number of aromatic nitrogens is 2. The van der Waals surface area contributed by atoms with Gasteiger partial charge in [0.05, 0.1) is 15.3 Å². The highest BCUT2D eigenvalue weighted by Gasteiger charge is 2.23. The number of rotatable bonds is 5. The van der Waals surface area contributed by atoms with E-state index in [-0.39, 0.29) is 16.3 Å². The van der Waals surface area contributed by atoms with Crippen molar-refractivity contribution in [3.63, 3.8) is 0 Å². The predicted molar refractivity (Wildman–Crippen MR) is 98.7 cm³/mol. The molecule has 0 aliphatic carbocycles. The summed E-state index contributed by atoms with van der Waals surface area (Å²) in [5.41, 5.74) is 1.17. The summed E-state index contributed by atoms with van der Waals surface area (Å²) in [5.74, 6) is -0.237. The second-order valence-corrected chi connectivity index (χ2v) is 8.41. The van der Waals surface area contributed by atoms with E-state index in [1.807, 2.05) is 17.5 Å². The number of nitrogens with zero attached hydrogens (tertiary/aromatic N) is 2. The molecule has 3 aromatic rings. The lowest BCUT2D eigenvalue weighted by Gasteiger charge is -2.12. The van der Waals surface area contributed by atoms with Gasteiger partial charge in [-0.15, -0.1) is 21.5 Å². The number of ether oxygens (including phenoxy) is 1. The Labute approximate surface area is 160 Å². The number of sulfonamides is 1. The average Bonchev–Trinajstić information content (AvgIpc) is 3.26. The third-order valence-electron chi connectivity index (χ3n) is 3.97. The molecule has 0 amide bonds. The lowest BCUT2D eigenvalue weighted by Crippen LogP contribution is -2.16. The number of carbonyl (C=O) groups is 1. The van der Waals surface area contributed by atoms with Gasteiger partial charge in [-0.3, -0.25) is 0 Å².